The van der Waals surface area contributed by atoms with Crippen molar-refractivity contribution in [1.29, 1.82) is 0 Å². The molecule has 1 saturated carbocycles. The predicted octanol–water partition coefficient (Wildman–Crippen LogP) is 4.58. The molecule has 0 aromatic carbocycles. The maximum Gasteiger partial charge on any atom is -0.0167 e. The third-order valence-corrected chi connectivity index (χ3v) is 2.45. The number of hydrogen-bond acceptors (Lipinski definition) is 0. The predicted molar refractivity (Wildman–Crippen MR) is 64.2 cm³/mol. The smallest absolute Gasteiger partial charge is 0.0167 e. The molecule has 80 valence electrons. The lowest BCUT2D eigenvalue weighted by atomic mass is 9.92. The molecule has 0 spiro atoms. The number of hydrogen-bond donors (Lipinski definition) is 0. The zero-order valence-corrected chi connectivity index (χ0v) is 10.1. The molecule has 1 fully saturated rings. The van der Waals surface area contributed by atoms with Gasteiger partial charge in [0, 0.05) is 0 Å². The Morgan fingerprint density at radius 2 is 1.21 bits per heavy atom. The van der Waals surface area contributed by atoms with E-state index in [4.69, 9.17) is 0 Å². The Hall–Kier alpha value is -0.520. The van der Waals surface area contributed by atoms with E-state index >= 15 is 0 Å². The first-order chi connectivity index (χ1) is 6.47. The Morgan fingerprint density at radius 3 is 1.57 bits per heavy atom. The van der Waals surface area contributed by atoms with Crippen LogP contribution in [0.4, 0.5) is 0 Å². The summed E-state index contributed by atoms with van der Waals surface area (Å²) in [7, 11) is 0. The summed E-state index contributed by atoms with van der Waals surface area (Å²) >= 11 is 0. The van der Waals surface area contributed by atoms with Crippen LogP contribution in [0.25, 0.3) is 0 Å². The molecule has 2 aliphatic carbocycles. The summed E-state index contributed by atoms with van der Waals surface area (Å²) in [6.07, 6.45) is 13.4. The highest BCUT2D eigenvalue weighted by atomic mass is 14.3. The highest BCUT2D eigenvalue weighted by Gasteiger charge is 2.23. The van der Waals surface area contributed by atoms with Crippen molar-refractivity contribution in [2.45, 2.75) is 47.0 Å². The second-order valence-electron chi connectivity index (χ2n) is 6.03. The SMILES string of the molecule is C1=CC2CCCC2C=C1.CC(C)(C)C. The zero-order chi connectivity index (χ0) is 10.6. The minimum absolute atomic E-state index is 0.500. The van der Waals surface area contributed by atoms with Crippen LogP contribution in [0.2, 0.25) is 0 Å². The summed E-state index contributed by atoms with van der Waals surface area (Å²) in [5.74, 6) is 1.80. The van der Waals surface area contributed by atoms with Gasteiger partial charge in [-0.15, -0.1) is 0 Å². The number of rotatable bonds is 0. The van der Waals surface area contributed by atoms with Crippen LogP contribution in [0, 0.1) is 17.3 Å². The van der Waals surface area contributed by atoms with Gasteiger partial charge in [0.1, 0.15) is 0 Å². The van der Waals surface area contributed by atoms with Crippen LogP contribution in [0.15, 0.2) is 24.3 Å². The van der Waals surface area contributed by atoms with E-state index in [-0.39, 0.29) is 0 Å². The lowest BCUT2D eigenvalue weighted by molar-refractivity contribution is 0.469. The van der Waals surface area contributed by atoms with Gasteiger partial charge in [-0.2, -0.15) is 0 Å². The van der Waals surface area contributed by atoms with E-state index in [0.29, 0.717) is 5.41 Å². The highest BCUT2D eigenvalue weighted by Crippen LogP contribution is 2.35. The van der Waals surface area contributed by atoms with Crippen molar-refractivity contribution < 1.29 is 0 Å². The average Bonchev–Trinajstić information content (AvgIpc) is 2.47. The number of fused-ring (bicyclic) bond motifs is 1. The van der Waals surface area contributed by atoms with Gasteiger partial charge in [0.05, 0.1) is 0 Å². The van der Waals surface area contributed by atoms with Gasteiger partial charge in [0.2, 0.25) is 0 Å². The van der Waals surface area contributed by atoms with E-state index in [1.807, 2.05) is 0 Å². The maximum absolute atomic E-state index is 2.36. The van der Waals surface area contributed by atoms with E-state index in [2.05, 4.69) is 52.0 Å². The normalized spacial score (nSPS) is 29.4. The first-order valence-electron chi connectivity index (χ1n) is 5.82. The minimum Gasteiger partial charge on any atom is -0.0808 e. The fourth-order valence-electron chi connectivity index (χ4n) is 1.91. The first-order valence-corrected chi connectivity index (χ1v) is 5.82. The third kappa shape index (κ3) is 4.64. The topological polar surface area (TPSA) is 0 Å². The van der Waals surface area contributed by atoms with Crippen molar-refractivity contribution in [3.05, 3.63) is 24.3 Å². The van der Waals surface area contributed by atoms with Gasteiger partial charge in [0.25, 0.3) is 0 Å². The van der Waals surface area contributed by atoms with Gasteiger partial charge < -0.3 is 0 Å². The molecule has 0 heteroatoms. The Bertz CT molecular complexity index is 191. The Kier molecular flexibility index (Phi) is 3.97. The molecule has 0 radical (unpaired) electrons. The second kappa shape index (κ2) is 4.82. The van der Waals surface area contributed by atoms with Gasteiger partial charge in [-0.05, 0) is 30.1 Å². The van der Waals surface area contributed by atoms with Crippen LogP contribution in [-0.4, -0.2) is 0 Å². The summed E-state index contributed by atoms with van der Waals surface area (Å²) in [5.41, 5.74) is 0.500. The molecule has 2 unspecified atom stereocenters. The molecule has 0 aromatic heterocycles. The minimum atomic E-state index is 0.500. The van der Waals surface area contributed by atoms with Crippen molar-refractivity contribution in [3.8, 4) is 0 Å². The van der Waals surface area contributed by atoms with Crippen molar-refractivity contribution in [3.63, 3.8) is 0 Å². The Morgan fingerprint density at radius 1 is 0.857 bits per heavy atom. The molecule has 0 N–H and O–H groups in total. The van der Waals surface area contributed by atoms with Gasteiger partial charge in [-0.25, -0.2) is 0 Å². The average molecular weight is 192 g/mol. The molecule has 0 nitrogen and oxygen atoms in total. The standard InChI is InChI=1S/C9H12.C5H12/c1-2-5-9-7-3-6-8(9)4-1;1-5(2,3)4/h1-2,4-5,8-9H,3,6-7H2;1-4H3. The molecule has 2 atom stereocenters. The highest BCUT2D eigenvalue weighted by molar-refractivity contribution is 5.15. The molecular weight excluding hydrogens is 168 g/mol. The molecule has 0 bridgehead atoms. The van der Waals surface area contributed by atoms with Gasteiger partial charge >= 0.3 is 0 Å². The molecular formula is C14H24. The Labute approximate surface area is 89.1 Å². The lowest BCUT2D eigenvalue weighted by Crippen LogP contribution is -2.03. The van der Waals surface area contributed by atoms with Crippen molar-refractivity contribution >= 4 is 0 Å². The van der Waals surface area contributed by atoms with Crippen LogP contribution < -0.4 is 0 Å². The summed E-state index contributed by atoms with van der Waals surface area (Å²) in [6.45, 7) is 8.75. The number of allylic oxidation sites excluding steroid dienone is 4. The van der Waals surface area contributed by atoms with Crippen LogP contribution in [0.5, 0.6) is 0 Å². The fraction of sp³-hybridized carbons (Fsp3) is 0.714. The van der Waals surface area contributed by atoms with E-state index in [0.717, 1.165) is 11.8 Å². The molecule has 0 saturated heterocycles. The second-order valence-corrected chi connectivity index (χ2v) is 6.03. The van der Waals surface area contributed by atoms with E-state index < -0.39 is 0 Å². The zero-order valence-electron chi connectivity index (χ0n) is 10.1. The third-order valence-electron chi connectivity index (χ3n) is 2.45. The van der Waals surface area contributed by atoms with E-state index in [1.165, 1.54) is 19.3 Å². The Balaban J connectivity index is 0.000000171. The fourth-order valence-corrected chi connectivity index (χ4v) is 1.91. The van der Waals surface area contributed by atoms with Crippen LogP contribution in [-0.2, 0) is 0 Å². The maximum atomic E-state index is 2.36. The molecule has 14 heavy (non-hydrogen) atoms. The summed E-state index contributed by atoms with van der Waals surface area (Å²) in [4.78, 5) is 0. The van der Waals surface area contributed by atoms with Crippen LogP contribution in [0.3, 0.4) is 0 Å². The van der Waals surface area contributed by atoms with Crippen LogP contribution >= 0.6 is 0 Å². The van der Waals surface area contributed by atoms with Crippen LogP contribution in [0.1, 0.15) is 47.0 Å². The first kappa shape index (κ1) is 11.6. The molecule has 2 rings (SSSR count). The molecule has 0 aliphatic heterocycles. The summed E-state index contributed by atoms with van der Waals surface area (Å²) in [6, 6.07) is 0. The molecule has 0 heterocycles. The summed E-state index contributed by atoms with van der Waals surface area (Å²) in [5, 5.41) is 0. The van der Waals surface area contributed by atoms with Gasteiger partial charge in [0.15, 0.2) is 0 Å². The molecule has 0 amide bonds. The van der Waals surface area contributed by atoms with Crippen molar-refractivity contribution in [2.75, 3.05) is 0 Å². The summed E-state index contributed by atoms with van der Waals surface area (Å²) < 4.78 is 0. The molecule has 0 aromatic rings. The quantitative estimate of drug-likeness (QED) is 0.527. The molecule has 2 aliphatic rings. The van der Waals surface area contributed by atoms with Gasteiger partial charge in [-0.1, -0.05) is 58.4 Å². The monoisotopic (exact) mass is 192 g/mol. The lowest BCUT2D eigenvalue weighted by Gasteiger charge is -2.13. The van der Waals surface area contributed by atoms with E-state index in [9.17, 15) is 0 Å². The van der Waals surface area contributed by atoms with E-state index in [1.54, 1.807) is 0 Å². The van der Waals surface area contributed by atoms with Crippen molar-refractivity contribution in [1.82, 2.24) is 0 Å². The van der Waals surface area contributed by atoms with Gasteiger partial charge in [-0.3, -0.25) is 0 Å². The van der Waals surface area contributed by atoms with Crippen molar-refractivity contribution in [2.24, 2.45) is 17.3 Å². The largest absolute Gasteiger partial charge is 0.0808 e.